The van der Waals surface area contributed by atoms with Gasteiger partial charge in [-0.3, -0.25) is 0 Å². The second-order valence-corrected chi connectivity index (χ2v) is 4.34. The van der Waals surface area contributed by atoms with E-state index in [0.29, 0.717) is 12.8 Å². The Morgan fingerprint density at radius 1 is 1.07 bits per heavy atom. The molecule has 15 heavy (non-hydrogen) atoms. The van der Waals surface area contributed by atoms with Crippen LogP contribution in [0.1, 0.15) is 65.7 Å². The second-order valence-electron chi connectivity index (χ2n) is 4.34. The van der Waals surface area contributed by atoms with E-state index in [2.05, 4.69) is 6.92 Å². The first-order valence-corrected chi connectivity index (χ1v) is 6.46. The van der Waals surface area contributed by atoms with Crippen LogP contribution >= 0.6 is 0 Å². The van der Waals surface area contributed by atoms with Crippen molar-refractivity contribution in [2.24, 2.45) is 0 Å². The summed E-state index contributed by atoms with van der Waals surface area (Å²) in [6, 6.07) is 0. The molecule has 1 nitrogen and oxygen atoms in total. The van der Waals surface area contributed by atoms with Crippen LogP contribution in [0.4, 0.5) is 4.39 Å². The van der Waals surface area contributed by atoms with Crippen LogP contribution in [-0.2, 0) is 4.74 Å². The Bertz CT molecular complexity index is 128. The van der Waals surface area contributed by atoms with Gasteiger partial charge in [0.2, 0.25) is 0 Å². The highest BCUT2D eigenvalue weighted by Crippen LogP contribution is 2.10. The lowest BCUT2D eigenvalue weighted by Crippen LogP contribution is -2.15. The summed E-state index contributed by atoms with van der Waals surface area (Å²) in [5.41, 5.74) is 0. The first-order chi connectivity index (χ1) is 7.20. The van der Waals surface area contributed by atoms with Crippen molar-refractivity contribution in [2.45, 2.75) is 78.0 Å². The first-order valence-electron chi connectivity index (χ1n) is 6.46. The zero-order chi connectivity index (χ0) is 11.5. The van der Waals surface area contributed by atoms with Crippen molar-refractivity contribution < 1.29 is 9.13 Å². The highest BCUT2D eigenvalue weighted by Gasteiger charge is 2.09. The SMILES string of the molecule is CCCCCCCOC(C)CC(F)CC. The van der Waals surface area contributed by atoms with Gasteiger partial charge in [-0.15, -0.1) is 0 Å². The molecule has 0 heterocycles. The molecule has 0 aliphatic heterocycles. The summed E-state index contributed by atoms with van der Waals surface area (Å²) < 4.78 is 18.5. The first kappa shape index (κ1) is 14.9. The number of hydrogen-bond donors (Lipinski definition) is 0. The van der Waals surface area contributed by atoms with Crippen LogP contribution in [0.15, 0.2) is 0 Å². The van der Waals surface area contributed by atoms with Gasteiger partial charge in [0.25, 0.3) is 0 Å². The molecule has 0 bridgehead atoms. The van der Waals surface area contributed by atoms with E-state index in [1.54, 1.807) is 0 Å². The molecule has 0 aliphatic carbocycles. The molecular weight excluding hydrogens is 191 g/mol. The number of alkyl halides is 1. The minimum absolute atomic E-state index is 0.0751. The Kier molecular flexibility index (Phi) is 10.3. The highest BCUT2D eigenvalue weighted by atomic mass is 19.1. The molecular formula is C13H27FO. The third-order valence-electron chi connectivity index (χ3n) is 2.68. The van der Waals surface area contributed by atoms with Crippen molar-refractivity contribution in [3.05, 3.63) is 0 Å². The second kappa shape index (κ2) is 10.4. The van der Waals surface area contributed by atoms with Crippen LogP contribution in [0.2, 0.25) is 0 Å². The molecule has 0 aromatic rings. The molecule has 0 fully saturated rings. The van der Waals surface area contributed by atoms with Crippen molar-refractivity contribution in [2.75, 3.05) is 6.61 Å². The number of hydrogen-bond acceptors (Lipinski definition) is 1. The Balaban J connectivity index is 3.20. The van der Waals surface area contributed by atoms with Crippen molar-refractivity contribution in [1.29, 1.82) is 0 Å². The maximum atomic E-state index is 13.0. The topological polar surface area (TPSA) is 9.23 Å². The molecule has 0 saturated carbocycles. The lowest BCUT2D eigenvalue weighted by Gasteiger charge is -2.14. The van der Waals surface area contributed by atoms with Gasteiger partial charge in [0, 0.05) is 13.0 Å². The van der Waals surface area contributed by atoms with Crippen molar-refractivity contribution >= 4 is 0 Å². The van der Waals surface area contributed by atoms with E-state index in [1.807, 2.05) is 13.8 Å². The Morgan fingerprint density at radius 2 is 1.73 bits per heavy atom. The predicted molar refractivity (Wildman–Crippen MR) is 64.0 cm³/mol. The summed E-state index contributed by atoms with van der Waals surface area (Å²) in [5, 5.41) is 0. The quantitative estimate of drug-likeness (QED) is 0.490. The van der Waals surface area contributed by atoms with Crippen molar-refractivity contribution in [1.82, 2.24) is 0 Å². The van der Waals surface area contributed by atoms with E-state index in [1.165, 1.54) is 25.7 Å². The van der Waals surface area contributed by atoms with Gasteiger partial charge in [-0.25, -0.2) is 4.39 Å². The van der Waals surface area contributed by atoms with E-state index in [-0.39, 0.29) is 6.10 Å². The van der Waals surface area contributed by atoms with Gasteiger partial charge in [0.15, 0.2) is 0 Å². The van der Waals surface area contributed by atoms with Crippen LogP contribution in [0.3, 0.4) is 0 Å². The number of ether oxygens (including phenoxy) is 1. The molecule has 0 amide bonds. The molecule has 2 atom stereocenters. The van der Waals surface area contributed by atoms with E-state index in [0.717, 1.165) is 13.0 Å². The Labute approximate surface area is 94.4 Å². The van der Waals surface area contributed by atoms with Crippen LogP contribution in [-0.4, -0.2) is 18.9 Å². The van der Waals surface area contributed by atoms with Gasteiger partial charge < -0.3 is 4.74 Å². The molecule has 0 saturated heterocycles. The summed E-state index contributed by atoms with van der Waals surface area (Å²) in [5.74, 6) is 0. The maximum absolute atomic E-state index is 13.0. The average Bonchev–Trinajstić information content (AvgIpc) is 2.23. The van der Waals surface area contributed by atoms with E-state index >= 15 is 0 Å². The molecule has 92 valence electrons. The van der Waals surface area contributed by atoms with Gasteiger partial charge in [-0.1, -0.05) is 39.5 Å². The van der Waals surface area contributed by atoms with Crippen LogP contribution in [0.5, 0.6) is 0 Å². The number of rotatable bonds is 10. The molecule has 0 radical (unpaired) electrons. The van der Waals surface area contributed by atoms with Gasteiger partial charge in [0.1, 0.15) is 6.17 Å². The monoisotopic (exact) mass is 218 g/mol. The largest absolute Gasteiger partial charge is 0.378 e. The highest BCUT2D eigenvalue weighted by molar-refractivity contribution is 4.59. The minimum Gasteiger partial charge on any atom is -0.378 e. The fourth-order valence-corrected chi connectivity index (χ4v) is 1.59. The molecule has 0 aromatic heterocycles. The summed E-state index contributed by atoms with van der Waals surface area (Å²) >= 11 is 0. The van der Waals surface area contributed by atoms with Gasteiger partial charge >= 0.3 is 0 Å². The molecule has 2 unspecified atom stereocenters. The zero-order valence-electron chi connectivity index (χ0n) is 10.6. The van der Waals surface area contributed by atoms with Crippen LogP contribution in [0, 0.1) is 0 Å². The minimum atomic E-state index is -0.694. The van der Waals surface area contributed by atoms with Crippen molar-refractivity contribution in [3.63, 3.8) is 0 Å². The summed E-state index contributed by atoms with van der Waals surface area (Å²) in [7, 11) is 0. The van der Waals surface area contributed by atoms with Gasteiger partial charge in [-0.05, 0) is 19.8 Å². The van der Waals surface area contributed by atoms with Crippen molar-refractivity contribution in [3.8, 4) is 0 Å². The third kappa shape index (κ3) is 10.2. The fourth-order valence-electron chi connectivity index (χ4n) is 1.59. The number of halogens is 1. The normalized spacial score (nSPS) is 15.2. The summed E-state index contributed by atoms with van der Waals surface area (Å²) in [4.78, 5) is 0. The van der Waals surface area contributed by atoms with Gasteiger partial charge in [-0.2, -0.15) is 0 Å². The van der Waals surface area contributed by atoms with E-state index < -0.39 is 6.17 Å². The molecule has 0 rings (SSSR count). The molecule has 0 aromatic carbocycles. The summed E-state index contributed by atoms with van der Waals surface area (Å²) in [6.45, 7) is 6.85. The fraction of sp³-hybridized carbons (Fsp3) is 1.00. The maximum Gasteiger partial charge on any atom is 0.102 e. The predicted octanol–water partition coefficient (Wildman–Crippen LogP) is 4.50. The molecule has 0 N–H and O–H groups in total. The Hall–Kier alpha value is -0.110. The number of unbranched alkanes of at least 4 members (excludes halogenated alkanes) is 4. The molecule has 0 spiro atoms. The smallest absolute Gasteiger partial charge is 0.102 e. The standard InChI is InChI=1S/C13H27FO/c1-4-6-7-8-9-10-15-12(3)11-13(14)5-2/h12-13H,4-11H2,1-3H3. The average molecular weight is 218 g/mol. The molecule has 0 aliphatic rings. The summed E-state index contributed by atoms with van der Waals surface area (Å²) in [6.07, 6.45) is 6.78. The molecule has 2 heteroatoms. The van der Waals surface area contributed by atoms with Gasteiger partial charge in [0.05, 0.1) is 6.10 Å². The van der Waals surface area contributed by atoms with Crippen LogP contribution in [0.25, 0.3) is 0 Å². The third-order valence-corrected chi connectivity index (χ3v) is 2.68. The Morgan fingerprint density at radius 3 is 2.33 bits per heavy atom. The lowest BCUT2D eigenvalue weighted by molar-refractivity contribution is 0.0401. The van der Waals surface area contributed by atoms with E-state index in [9.17, 15) is 4.39 Å². The van der Waals surface area contributed by atoms with Crippen LogP contribution < -0.4 is 0 Å². The van der Waals surface area contributed by atoms with E-state index in [4.69, 9.17) is 4.74 Å². The zero-order valence-corrected chi connectivity index (χ0v) is 10.6. The lowest BCUT2D eigenvalue weighted by atomic mass is 10.1.